The van der Waals surface area contributed by atoms with Crippen molar-refractivity contribution in [2.24, 2.45) is 0 Å². The Kier molecular flexibility index (Phi) is 4.57. The largest absolute Gasteiger partial charge is 0.586 e. The molecule has 162 valence electrons. The van der Waals surface area contributed by atoms with Gasteiger partial charge in [0.05, 0.1) is 13.0 Å². The number of alkyl halides is 2. The summed E-state index contributed by atoms with van der Waals surface area (Å²) >= 11 is 0. The standard InChI is InChI=1S/C21H19F2N3O5/c22-21(23)30-16-4-3-15(11-18(16)31-21)25-5-7-26(8-6-25)19(27)12-24-14-2-1-13-9-20(28)29-17(13)10-14/h1-4,10-11,24H,5-9,12H2. The predicted molar refractivity (Wildman–Crippen MR) is 106 cm³/mol. The molecule has 2 aromatic rings. The Morgan fingerprint density at radius 1 is 1.00 bits per heavy atom. The van der Waals surface area contributed by atoms with Gasteiger partial charge in [0.2, 0.25) is 5.91 Å². The third kappa shape index (κ3) is 3.92. The van der Waals surface area contributed by atoms with Gasteiger partial charge in [0.1, 0.15) is 5.75 Å². The van der Waals surface area contributed by atoms with Gasteiger partial charge in [-0.2, -0.15) is 0 Å². The van der Waals surface area contributed by atoms with Crippen LogP contribution >= 0.6 is 0 Å². The molecule has 1 N–H and O–H groups in total. The number of esters is 1. The minimum atomic E-state index is -3.64. The number of amides is 1. The summed E-state index contributed by atoms with van der Waals surface area (Å²) in [4.78, 5) is 27.7. The van der Waals surface area contributed by atoms with Crippen LogP contribution in [0.5, 0.6) is 17.2 Å². The lowest BCUT2D eigenvalue weighted by Crippen LogP contribution is -2.50. The zero-order valence-corrected chi connectivity index (χ0v) is 16.4. The Morgan fingerprint density at radius 3 is 2.58 bits per heavy atom. The molecule has 0 saturated carbocycles. The van der Waals surface area contributed by atoms with Crippen molar-refractivity contribution >= 4 is 23.3 Å². The number of carbonyl (C=O) groups excluding carboxylic acids is 2. The molecule has 0 aliphatic carbocycles. The van der Waals surface area contributed by atoms with E-state index in [2.05, 4.69) is 14.8 Å². The van der Waals surface area contributed by atoms with Crippen LogP contribution in [0.1, 0.15) is 5.56 Å². The van der Waals surface area contributed by atoms with Gasteiger partial charge < -0.3 is 29.3 Å². The van der Waals surface area contributed by atoms with Crippen LogP contribution < -0.4 is 24.4 Å². The van der Waals surface area contributed by atoms with E-state index in [-0.39, 0.29) is 36.3 Å². The second-order valence-electron chi connectivity index (χ2n) is 7.49. The lowest BCUT2D eigenvalue weighted by molar-refractivity contribution is -0.286. The SMILES string of the molecule is O=C1Cc2ccc(NCC(=O)N3CCN(c4ccc5c(c4)OC(F)(F)O5)CC3)cc2O1. The maximum Gasteiger partial charge on any atom is 0.586 e. The summed E-state index contributed by atoms with van der Waals surface area (Å²) in [7, 11) is 0. The van der Waals surface area contributed by atoms with Crippen molar-refractivity contribution in [2.75, 3.05) is 42.9 Å². The summed E-state index contributed by atoms with van der Waals surface area (Å²) in [6, 6.07) is 10.0. The van der Waals surface area contributed by atoms with Gasteiger partial charge in [0, 0.05) is 55.2 Å². The van der Waals surface area contributed by atoms with Crippen LogP contribution in [0.3, 0.4) is 0 Å². The van der Waals surface area contributed by atoms with E-state index < -0.39 is 6.29 Å². The number of rotatable bonds is 4. The number of ether oxygens (including phenoxy) is 3. The minimum Gasteiger partial charge on any atom is -0.426 e. The van der Waals surface area contributed by atoms with E-state index in [4.69, 9.17) is 4.74 Å². The zero-order chi connectivity index (χ0) is 21.6. The van der Waals surface area contributed by atoms with Crippen LogP contribution in [0.2, 0.25) is 0 Å². The Labute approximate surface area is 176 Å². The molecule has 1 amide bonds. The molecule has 10 heteroatoms. The molecule has 0 atom stereocenters. The minimum absolute atomic E-state index is 0.00484. The molecule has 2 aromatic carbocycles. The summed E-state index contributed by atoms with van der Waals surface area (Å²) in [5.74, 6) is 0.206. The lowest BCUT2D eigenvalue weighted by atomic mass is 10.1. The second kappa shape index (κ2) is 7.29. The normalized spacial score (nSPS) is 18.6. The molecule has 1 saturated heterocycles. The number of nitrogens with one attached hydrogen (secondary N) is 1. The van der Waals surface area contributed by atoms with Gasteiger partial charge in [-0.05, 0) is 18.2 Å². The Balaban J connectivity index is 1.14. The Morgan fingerprint density at radius 2 is 1.77 bits per heavy atom. The van der Waals surface area contributed by atoms with E-state index >= 15 is 0 Å². The Bertz CT molecular complexity index is 1050. The average Bonchev–Trinajstić information content (AvgIpc) is 3.27. The van der Waals surface area contributed by atoms with E-state index in [1.807, 2.05) is 17.0 Å². The third-order valence-corrected chi connectivity index (χ3v) is 5.45. The fourth-order valence-corrected chi connectivity index (χ4v) is 3.86. The molecule has 0 radical (unpaired) electrons. The first-order valence-corrected chi connectivity index (χ1v) is 9.86. The van der Waals surface area contributed by atoms with E-state index in [0.717, 1.165) is 11.3 Å². The monoisotopic (exact) mass is 431 g/mol. The first kappa shape index (κ1) is 19.4. The highest BCUT2D eigenvalue weighted by Crippen LogP contribution is 2.42. The first-order valence-electron chi connectivity index (χ1n) is 9.86. The highest BCUT2D eigenvalue weighted by molar-refractivity contribution is 5.83. The number of carbonyl (C=O) groups is 2. The molecule has 3 aliphatic heterocycles. The topological polar surface area (TPSA) is 80.3 Å². The van der Waals surface area contributed by atoms with Crippen molar-refractivity contribution < 1.29 is 32.6 Å². The number of hydrogen-bond donors (Lipinski definition) is 1. The first-order chi connectivity index (χ1) is 14.9. The van der Waals surface area contributed by atoms with Crippen LogP contribution in [0.4, 0.5) is 20.2 Å². The molecule has 8 nitrogen and oxygen atoms in total. The van der Waals surface area contributed by atoms with Crippen molar-refractivity contribution in [3.8, 4) is 17.2 Å². The maximum absolute atomic E-state index is 13.2. The number of anilines is 2. The smallest absolute Gasteiger partial charge is 0.426 e. The van der Waals surface area contributed by atoms with Gasteiger partial charge in [-0.25, -0.2) is 0 Å². The van der Waals surface area contributed by atoms with Crippen LogP contribution in [-0.2, 0) is 16.0 Å². The molecule has 3 heterocycles. The average molecular weight is 431 g/mol. The van der Waals surface area contributed by atoms with Crippen molar-refractivity contribution in [1.82, 2.24) is 4.90 Å². The fourth-order valence-electron chi connectivity index (χ4n) is 3.86. The summed E-state index contributed by atoms with van der Waals surface area (Å²) in [6.07, 6.45) is -3.37. The molecule has 0 aromatic heterocycles. The number of fused-ring (bicyclic) bond motifs is 2. The van der Waals surface area contributed by atoms with Gasteiger partial charge in [0.25, 0.3) is 0 Å². The molecular weight excluding hydrogens is 412 g/mol. The van der Waals surface area contributed by atoms with E-state index in [0.29, 0.717) is 37.6 Å². The number of benzene rings is 2. The van der Waals surface area contributed by atoms with Gasteiger partial charge in [-0.3, -0.25) is 9.59 Å². The molecule has 0 unspecified atom stereocenters. The molecule has 31 heavy (non-hydrogen) atoms. The van der Waals surface area contributed by atoms with E-state index in [1.165, 1.54) is 12.1 Å². The third-order valence-electron chi connectivity index (χ3n) is 5.45. The quantitative estimate of drug-likeness (QED) is 0.588. The zero-order valence-electron chi connectivity index (χ0n) is 16.4. The van der Waals surface area contributed by atoms with Gasteiger partial charge in [0.15, 0.2) is 11.5 Å². The molecule has 5 rings (SSSR count). The number of piperazine rings is 1. The van der Waals surface area contributed by atoms with Crippen LogP contribution in [0.25, 0.3) is 0 Å². The van der Waals surface area contributed by atoms with Crippen molar-refractivity contribution in [1.29, 1.82) is 0 Å². The summed E-state index contributed by atoms with van der Waals surface area (Å²) in [6.45, 7) is 2.26. The van der Waals surface area contributed by atoms with Gasteiger partial charge in [-0.1, -0.05) is 6.07 Å². The van der Waals surface area contributed by atoms with Crippen molar-refractivity contribution in [3.05, 3.63) is 42.0 Å². The van der Waals surface area contributed by atoms with Crippen LogP contribution in [0.15, 0.2) is 36.4 Å². The van der Waals surface area contributed by atoms with Gasteiger partial charge in [-0.15, -0.1) is 8.78 Å². The molecular formula is C21H19F2N3O5. The van der Waals surface area contributed by atoms with E-state index in [1.54, 1.807) is 17.0 Å². The van der Waals surface area contributed by atoms with Crippen LogP contribution in [0, 0.1) is 0 Å². The lowest BCUT2D eigenvalue weighted by Gasteiger charge is -2.36. The summed E-state index contributed by atoms with van der Waals surface area (Å²) < 4.78 is 40.5. The maximum atomic E-state index is 13.2. The number of halogens is 2. The summed E-state index contributed by atoms with van der Waals surface area (Å²) in [5.41, 5.74) is 2.28. The highest BCUT2D eigenvalue weighted by Gasteiger charge is 2.43. The molecule has 1 fully saturated rings. The Hall–Kier alpha value is -3.56. The predicted octanol–water partition coefficient (Wildman–Crippen LogP) is 2.23. The van der Waals surface area contributed by atoms with E-state index in [9.17, 15) is 18.4 Å². The molecule has 0 spiro atoms. The van der Waals surface area contributed by atoms with Gasteiger partial charge >= 0.3 is 12.3 Å². The van der Waals surface area contributed by atoms with Crippen molar-refractivity contribution in [3.63, 3.8) is 0 Å². The number of nitrogens with zero attached hydrogens (tertiary/aromatic N) is 2. The van der Waals surface area contributed by atoms with Crippen molar-refractivity contribution in [2.45, 2.75) is 12.7 Å². The summed E-state index contributed by atoms with van der Waals surface area (Å²) in [5, 5.41) is 3.07. The highest BCUT2D eigenvalue weighted by atomic mass is 19.3. The molecule has 3 aliphatic rings. The van der Waals surface area contributed by atoms with Crippen LogP contribution in [-0.4, -0.2) is 55.8 Å². The second-order valence-corrected chi connectivity index (χ2v) is 7.49. The number of hydrogen-bond acceptors (Lipinski definition) is 7. The molecule has 0 bridgehead atoms. The fraction of sp³-hybridized carbons (Fsp3) is 0.333.